The summed E-state index contributed by atoms with van der Waals surface area (Å²) in [4.78, 5) is 31.9. The fourth-order valence-corrected chi connectivity index (χ4v) is 2.59. The molecule has 0 aliphatic carbocycles. The summed E-state index contributed by atoms with van der Waals surface area (Å²) in [5.41, 5.74) is 3.55. The largest absolute Gasteiger partial charge is 0.340 e. The predicted octanol–water partition coefficient (Wildman–Crippen LogP) is 3.99. The van der Waals surface area contributed by atoms with Crippen molar-refractivity contribution in [3.8, 4) is 0 Å². The molecule has 0 atom stereocenters. The van der Waals surface area contributed by atoms with Crippen molar-refractivity contribution in [3.63, 3.8) is 0 Å². The lowest BCUT2D eigenvalue weighted by Crippen LogP contribution is -2.14. The summed E-state index contributed by atoms with van der Waals surface area (Å²) in [7, 11) is 0. The highest BCUT2D eigenvalue weighted by Crippen LogP contribution is 2.19. The first-order chi connectivity index (χ1) is 13.5. The number of hydrogen-bond acceptors (Lipinski definition) is 5. The predicted molar refractivity (Wildman–Crippen MR) is 110 cm³/mol. The maximum Gasteiger partial charge on any atom is 0.274 e. The van der Waals surface area contributed by atoms with Crippen molar-refractivity contribution < 1.29 is 9.59 Å². The van der Waals surface area contributed by atoms with E-state index >= 15 is 0 Å². The molecule has 0 aliphatic rings. The third-order valence-electron chi connectivity index (χ3n) is 3.98. The Kier molecular flexibility index (Phi) is 5.96. The van der Waals surface area contributed by atoms with E-state index in [0.29, 0.717) is 17.2 Å². The van der Waals surface area contributed by atoms with Crippen LogP contribution in [0, 0.1) is 0 Å². The van der Waals surface area contributed by atoms with Gasteiger partial charge in [-0.05, 0) is 42.3 Å². The Morgan fingerprint density at radius 3 is 2.36 bits per heavy atom. The van der Waals surface area contributed by atoms with E-state index in [0.717, 1.165) is 12.1 Å². The zero-order chi connectivity index (χ0) is 19.9. The molecule has 7 nitrogen and oxygen atoms in total. The highest BCUT2D eigenvalue weighted by Gasteiger charge is 2.10. The van der Waals surface area contributed by atoms with Crippen LogP contribution in [0.15, 0.2) is 60.9 Å². The molecule has 2 amide bonds. The number of carbonyl (C=O) groups excluding carboxylic acids is 2. The fourth-order valence-electron chi connectivity index (χ4n) is 2.59. The van der Waals surface area contributed by atoms with Gasteiger partial charge >= 0.3 is 0 Å². The van der Waals surface area contributed by atoms with Gasteiger partial charge in [0.1, 0.15) is 17.8 Å². The Morgan fingerprint density at radius 1 is 0.893 bits per heavy atom. The van der Waals surface area contributed by atoms with E-state index in [1.54, 1.807) is 18.2 Å². The molecular weight excluding hydrogens is 354 g/mol. The summed E-state index contributed by atoms with van der Waals surface area (Å²) >= 11 is 0. The van der Waals surface area contributed by atoms with Crippen LogP contribution in [-0.2, 0) is 11.2 Å². The monoisotopic (exact) mass is 375 g/mol. The van der Waals surface area contributed by atoms with Crippen molar-refractivity contribution in [2.24, 2.45) is 0 Å². The van der Waals surface area contributed by atoms with Crippen LogP contribution in [-0.4, -0.2) is 21.8 Å². The molecule has 3 N–H and O–H groups in total. The van der Waals surface area contributed by atoms with Crippen molar-refractivity contribution in [2.75, 3.05) is 16.0 Å². The Hall–Kier alpha value is -3.74. The molecule has 28 heavy (non-hydrogen) atoms. The van der Waals surface area contributed by atoms with Gasteiger partial charge in [0.05, 0.1) is 0 Å². The third-order valence-corrected chi connectivity index (χ3v) is 3.98. The van der Waals surface area contributed by atoms with Crippen LogP contribution in [0.5, 0.6) is 0 Å². The molecule has 3 aromatic rings. The van der Waals surface area contributed by atoms with Gasteiger partial charge in [-0.1, -0.05) is 25.1 Å². The molecule has 0 aliphatic heterocycles. The van der Waals surface area contributed by atoms with Gasteiger partial charge in [-0.25, -0.2) is 9.97 Å². The number of amides is 2. The molecule has 0 spiro atoms. The Bertz CT molecular complexity index is 986. The van der Waals surface area contributed by atoms with E-state index in [4.69, 9.17) is 0 Å². The number of aryl methyl sites for hydroxylation is 1. The quantitative estimate of drug-likeness (QED) is 0.605. The average Bonchev–Trinajstić information content (AvgIpc) is 2.68. The number of nitrogens with one attached hydrogen (secondary N) is 3. The van der Waals surface area contributed by atoms with Crippen molar-refractivity contribution in [3.05, 3.63) is 72.2 Å². The fraction of sp³-hybridized carbons (Fsp3) is 0.143. The minimum absolute atomic E-state index is 0.148. The third kappa shape index (κ3) is 5.14. The highest BCUT2D eigenvalue weighted by molar-refractivity contribution is 6.03. The molecule has 1 aromatic heterocycles. The number of benzene rings is 2. The van der Waals surface area contributed by atoms with Gasteiger partial charge in [-0.3, -0.25) is 9.59 Å². The van der Waals surface area contributed by atoms with Gasteiger partial charge in [0, 0.05) is 30.1 Å². The number of nitrogens with zero attached hydrogens (tertiary/aromatic N) is 2. The van der Waals surface area contributed by atoms with E-state index < -0.39 is 0 Å². The zero-order valence-corrected chi connectivity index (χ0v) is 15.7. The van der Waals surface area contributed by atoms with Gasteiger partial charge in [0.2, 0.25) is 5.91 Å². The van der Waals surface area contributed by atoms with Crippen molar-refractivity contribution in [2.45, 2.75) is 20.3 Å². The standard InChI is InChI=1S/C21H21N5O2/c1-3-15-7-9-16(10-8-15)26-21(28)19-12-20(23-13-22-19)25-18-6-4-5-17(11-18)24-14(2)27/h4-13H,3H2,1-2H3,(H,24,27)(H,26,28)(H,22,23,25). The number of aromatic nitrogens is 2. The van der Waals surface area contributed by atoms with Crippen LogP contribution >= 0.6 is 0 Å². The smallest absolute Gasteiger partial charge is 0.274 e. The normalized spacial score (nSPS) is 10.2. The minimum Gasteiger partial charge on any atom is -0.340 e. The van der Waals surface area contributed by atoms with Crippen molar-refractivity contribution >= 4 is 34.7 Å². The second kappa shape index (κ2) is 8.77. The Labute approximate surface area is 163 Å². The minimum atomic E-state index is -0.318. The lowest BCUT2D eigenvalue weighted by molar-refractivity contribution is -0.114. The average molecular weight is 375 g/mol. The van der Waals surface area contributed by atoms with Crippen LogP contribution < -0.4 is 16.0 Å². The van der Waals surface area contributed by atoms with Gasteiger partial charge in [0.15, 0.2) is 0 Å². The van der Waals surface area contributed by atoms with E-state index in [9.17, 15) is 9.59 Å². The summed E-state index contributed by atoms with van der Waals surface area (Å²) in [6, 6.07) is 16.5. The van der Waals surface area contributed by atoms with E-state index in [-0.39, 0.29) is 17.5 Å². The maximum atomic E-state index is 12.5. The summed E-state index contributed by atoms with van der Waals surface area (Å²) < 4.78 is 0. The summed E-state index contributed by atoms with van der Waals surface area (Å²) in [5, 5.41) is 8.66. The number of carbonyl (C=O) groups is 2. The molecular formula is C21H21N5O2. The lowest BCUT2D eigenvalue weighted by Gasteiger charge is -2.09. The molecule has 1 heterocycles. The van der Waals surface area contributed by atoms with Gasteiger partial charge < -0.3 is 16.0 Å². The van der Waals surface area contributed by atoms with E-state index in [2.05, 4.69) is 32.8 Å². The van der Waals surface area contributed by atoms with Gasteiger partial charge in [0.25, 0.3) is 5.91 Å². The lowest BCUT2D eigenvalue weighted by atomic mass is 10.1. The van der Waals surface area contributed by atoms with E-state index in [1.165, 1.54) is 18.8 Å². The summed E-state index contributed by atoms with van der Waals surface area (Å²) in [6.07, 6.45) is 2.27. The van der Waals surface area contributed by atoms with Gasteiger partial charge in [-0.15, -0.1) is 0 Å². The van der Waals surface area contributed by atoms with Crippen LogP contribution in [0.1, 0.15) is 29.9 Å². The number of anilines is 4. The SMILES string of the molecule is CCc1ccc(NC(=O)c2cc(Nc3cccc(NC(C)=O)c3)ncn2)cc1. The molecule has 2 aromatic carbocycles. The topological polar surface area (TPSA) is 96.0 Å². The molecule has 0 saturated heterocycles. The summed E-state index contributed by atoms with van der Waals surface area (Å²) in [6.45, 7) is 3.53. The molecule has 7 heteroatoms. The number of rotatable bonds is 6. The van der Waals surface area contributed by atoms with Crippen LogP contribution in [0.2, 0.25) is 0 Å². The first kappa shape index (κ1) is 19.0. The van der Waals surface area contributed by atoms with E-state index in [1.807, 2.05) is 36.4 Å². The first-order valence-corrected chi connectivity index (χ1v) is 8.90. The van der Waals surface area contributed by atoms with Crippen molar-refractivity contribution in [1.82, 2.24) is 9.97 Å². The molecule has 3 rings (SSSR count). The summed E-state index contributed by atoms with van der Waals surface area (Å²) in [5.74, 6) is 0.00765. The zero-order valence-electron chi connectivity index (χ0n) is 15.7. The maximum absolute atomic E-state index is 12.5. The Balaban J connectivity index is 1.71. The van der Waals surface area contributed by atoms with Crippen LogP contribution in [0.4, 0.5) is 22.9 Å². The van der Waals surface area contributed by atoms with Crippen LogP contribution in [0.25, 0.3) is 0 Å². The van der Waals surface area contributed by atoms with Crippen LogP contribution in [0.3, 0.4) is 0 Å². The molecule has 142 valence electrons. The second-order valence-corrected chi connectivity index (χ2v) is 6.18. The molecule has 0 saturated carbocycles. The van der Waals surface area contributed by atoms with Crippen molar-refractivity contribution in [1.29, 1.82) is 0 Å². The number of hydrogen-bond donors (Lipinski definition) is 3. The first-order valence-electron chi connectivity index (χ1n) is 8.90. The second-order valence-electron chi connectivity index (χ2n) is 6.18. The molecule has 0 radical (unpaired) electrons. The highest BCUT2D eigenvalue weighted by atomic mass is 16.2. The Morgan fingerprint density at radius 2 is 1.64 bits per heavy atom. The molecule has 0 unspecified atom stereocenters. The molecule has 0 bridgehead atoms. The van der Waals surface area contributed by atoms with Gasteiger partial charge in [-0.2, -0.15) is 0 Å². The molecule has 0 fully saturated rings.